The van der Waals surface area contributed by atoms with Gasteiger partial charge in [0.25, 0.3) is 0 Å². The molecule has 0 bridgehead atoms. The number of aromatic nitrogens is 2. The molecule has 1 heterocycles. The van der Waals surface area contributed by atoms with Crippen LogP contribution in [0.4, 0.5) is 5.82 Å². The fourth-order valence-corrected chi connectivity index (χ4v) is 2.02. The van der Waals surface area contributed by atoms with E-state index in [2.05, 4.69) is 11.9 Å². The summed E-state index contributed by atoms with van der Waals surface area (Å²) >= 11 is 0. The van der Waals surface area contributed by atoms with Crippen LogP contribution in [-0.4, -0.2) is 16.2 Å². The van der Waals surface area contributed by atoms with Crippen molar-refractivity contribution in [2.75, 3.05) is 12.3 Å². The van der Waals surface area contributed by atoms with Gasteiger partial charge in [-0.1, -0.05) is 25.5 Å². The summed E-state index contributed by atoms with van der Waals surface area (Å²) in [5.41, 5.74) is 7.99. The third-order valence-corrected chi connectivity index (χ3v) is 3.05. The van der Waals surface area contributed by atoms with E-state index in [1.165, 1.54) is 0 Å². The van der Waals surface area contributed by atoms with Gasteiger partial charge in [-0.3, -0.25) is 0 Å². The Morgan fingerprint density at radius 1 is 1.32 bits per heavy atom. The number of nitrogens with zero attached hydrogens (tertiary/aromatic N) is 2. The number of nitrogen functional groups attached to an aromatic ring is 1. The van der Waals surface area contributed by atoms with Crippen molar-refractivity contribution in [1.82, 2.24) is 9.55 Å². The van der Waals surface area contributed by atoms with Crippen molar-refractivity contribution in [2.45, 2.75) is 33.2 Å². The number of anilines is 1. The second-order valence-corrected chi connectivity index (χ2v) is 4.49. The molecule has 4 nitrogen and oxygen atoms in total. The summed E-state index contributed by atoms with van der Waals surface area (Å²) in [6.45, 7) is 5.71. The van der Waals surface area contributed by atoms with Gasteiger partial charge in [0, 0.05) is 12.1 Å². The zero-order chi connectivity index (χ0) is 13.7. The van der Waals surface area contributed by atoms with Crippen LogP contribution in [0.15, 0.2) is 30.6 Å². The standard InChI is InChI=1S/C15H21N3O/c1-3-5-9-18-11-17-14(15(18)16)12-7-6-8-13(10-12)19-4-2/h6-8,10-11H,3-5,9,16H2,1-2H3. The van der Waals surface area contributed by atoms with E-state index in [4.69, 9.17) is 10.5 Å². The van der Waals surface area contributed by atoms with Gasteiger partial charge in [0.05, 0.1) is 12.9 Å². The quantitative estimate of drug-likeness (QED) is 0.865. The second kappa shape index (κ2) is 6.27. The summed E-state index contributed by atoms with van der Waals surface area (Å²) in [6.07, 6.45) is 4.07. The summed E-state index contributed by atoms with van der Waals surface area (Å²) in [7, 11) is 0. The van der Waals surface area contributed by atoms with Gasteiger partial charge in [-0.15, -0.1) is 0 Å². The lowest BCUT2D eigenvalue weighted by atomic mass is 10.1. The predicted molar refractivity (Wildman–Crippen MR) is 78.2 cm³/mol. The largest absolute Gasteiger partial charge is 0.494 e. The molecular formula is C15H21N3O. The average molecular weight is 259 g/mol. The van der Waals surface area contributed by atoms with Crippen LogP contribution in [0.3, 0.4) is 0 Å². The third-order valence-electron chi connectivity index (χ3n) is 3.05. The second-order valence-electron chi connectivity index (χ2n) is 4.49. The number of rotatable bonds is 6. The summed E-state index contributed by atoms with van der Waals surface area (Å²) in [4.78, 5) is 4.42. The first-order valence-corrected chi connectivity index (χ1v) is 6.80. The van der Waals surface area contributed by atoms with Crippen molar-refractivity contribution in [3.8, 4) is 17.0 Å². The van der Waals surface area contributed by atoms with Gasteiger partial charge in [-0.25, -0.2) is 4.98 Å². The van der Waals surface area contributed by atoms with E-state index in [0.717, 1.165) is 42.2 Å². The minimum Gasteiger partial charge on any atom is -0.494 e. The van der Waals surface area contributed by atoms with Gasteiger partial charge in [0.2, 0.25) is 0 Å². The van der Waals surface area contributed by atoms with Gasteiger partial charge in [0.15, 0.2) is 0 Å². The number of imidazole rings is 1. The molecule has 0 amide bonds. The van der Waals surface area contributed by atoms with Crippen LogP contribution >= 0.6 is 0 Å². The van der Waals surface area contributed by atoms with Crippen LogP contribution in [0.5, 0.6) is 5.75 Å². The number of hydrogen-bond acceptors (Lipinski definition) is 3. The number of benzene rings is 1. The van der Waals surface area contributed by atoms with Gasteiger partial charge >= 0.3 is 0 Å². The lowest BCUT2D eigenvalue weighted by Crippen LogP contribution is -2.02. The Morgan fingerprint density at radius 3 is 2.89 bits per heavy atom. The van der Waals surface area contributed by atoms with E-state index in [-0.39, 0.29) is 0 Å². The minimum absolute atomic E-state index is 0.657. The zero-order valence-corrected chi connectivity index (χ0v) is 11.6. The molecule has 19 heavy (non-hydrogen) atoms. The smallest absolute Gasteiger partial charge is 0.131 e. The lowest BCUT2D eigenvalue weighted by molar-refractivity contribution is 0.340. The van der Waals surface area contributed by atoms with E-state index < -0.39 is 0 Å². The first kappa shape index (κ1) is 13.5. The Labute approximate surface area is 114 Å². The third kappa shape index (κ3) is 3.08. The van der Waals surface area contributed by atoms with Crippen LogP contribution in [0.1, 0.15) is 26.7 Å². The van der Waals surface area contributed by atoms with E-state index in [9.17, 15) is 0 Å². The number of unbranched alkanes of at least 4 members (excludes halogenated alkanes) is 1. The van der Waals surface area contributed by atoms with Crippen LogP contribution in [-0.2, 0) is 6.54 Å². The molecular weight excluding hydrogens is 238 g/mol. The van der Waals surface area contributed by atoms with Gasteiger partial charge in [0.1, 0.15) is 17.3 Å². The molecule has 4 heteroatoms. The molecule has 2 aromatic rings. The Balaban J connectivity index is 2.26. The van der Waals surface area contributed by atoms with Crippen LogP contribution in [0, 0.1) is 0 Å². The average Bonchev–Trinajstić information content (AvgIpc) is 2.78. The fourth-order valence-electron chi connectivity index (χ4n) is 2.02. The van der Waals surface area contributed by atoms with Crippen LogP contribution in [0.25, 0.3) is 11.3 Å². The maximum atomic E-state index is 6.16. The first-order valence-electron chi connectivity index (χ1n) is 6.80. The van der Waals surface area contributed by atoms with Crippen molar-refractivity contribution in [1.29, 1.82) is 0 Å². The molecule has 0 saturated carbocycles. The molecule has 0 radical (unpaired) electrons. The molecule has 0 atom stereocenters. The van der Waals surface area contributed by atoms with Crippen LogP contribution < -0.4 is 10.5 Å². The highest BCUT2D eigenvalue weighted by molar-refractivity contribution is 5.71. The van der Waals surface area contributed by atoms with Gasteiger partial charge in [-0.05, 0) is 25.5 Å². The van der Waals surface area contributed by atoms with Crippen molar-refractivity contribution >= 4 is 5.82 Å². The topological polar surface area (TPSA) is 53.1 Å². The van der Waals surface area contributed by atoms with E-state index in [1.54, 1.807) is 0 Å². The highest BCUT2D eigenvalue weighted by atomic mass is 16.5. The van der Waals surface area contributed by atoms with Crippen LogP contribution in [0.2, 0.25) is 0 Å². The highest BCUT2D eigenvalue weighted by Crippen LogP contribution is 2.27. The highest BCUT2D eigenvalue weighted by Gasteiger charge is 2.10. The maximum absolute atomic E-state index is 6.16. The summed E-state index contributed by atoms with van der Waals surface area (Å²) < 4.78 is 7.51. The zero-order valence-electron chi connectivity index (χ0n) is 11.6. The summed E-state index contributed by atoms with van der Waals surface area (Å²) in [5.74, 6) is 1.57. The summed E-state index contributed by atoms with van der Waals surface area (Å²) in [5, 5.41) is 0. The molecule has 0 fully saturated rings. The molecule has 0 aliphatic heterocycles. The Kier molecular flexibility index (Phi) is 4.44. The molecule has 0 aliphatic rings. The molecule has 0 saturated heterocycles. The number of nitrogens with two attached hydrogens (primary N) is 1. The fraction of sp³-hybridized carbons (Fsp3) is 0.400. The first-order chi connectivity index (χ1) is 9.26. The van der Waals surface area contributed by atoms with Crippen molar-refractivity contribution in [3.63, 3.8) is 0 Å². The number of ether oxygens (including phenoxy) is 1. The van der Waals surface area contributed by atoms with Crippen molar-refractivity contribution in [3.05, 3.63) is 30.6 Å². The lowest BCUT2D eigenvalue weighted by Gasteiger charge is -2.06. The monoisotopic (exact) mass is 259 g/mol. The van der Waals surface area contributed by atoms with E-state index >= 15 is 0 Å². The van der Waals surface area contributed by atoms with Gasteiger partial charge < -0.3 is 15.0 Å². The normalized spacial score (nSPS) is 10.6. The molecule has 1 aromatic heterocycles. The molecule has 1 aromatic carbocycles. The van der Waals surface area contributed by atoms with E-state index in [1.807, 2.05) is 42.1 Å². The van der Waals surface area contributed by atoms with Crippen molar-refractivity contribution in [2.24, 2.45) is 0 Å². The van der Waals surface area contributed by atoms with Crippen molar-refractivity contribution < 1.29 is 4.74 Å². The minimum atomic E-state index is 0.657. The van der Waals surface area contributed by atoms with Gasteiger partial charge in [-0.2, -0.15) is 0 Å². The predicted octanol–water partition coefficient (Wildman–Crippen LogP) is 3.33. The molecule has 102 valence electrons. The Bertz CT molecular complexity index is 534. The maximum Gasteiger partial charge on any atom is 0.131 e. The molecule has 2 rings (SSSR count). The molecule has 0 aliphatic carbocycles. The molecule has 0 unspecified atom stereocenters. The Morgan fingerprint density at radius 2 is 2.16 bits per heavy atom. The SMILES string of the molecule is CCCCn1cnc(-c2cccc(OCC)c2)c1N. The number of aryl methyl sites for hydroxylation is 1. The Hall–Kier alpha value is -1.97. The summed E-state index contributed by atoms with van der Waals surface area (Å²) in [6, 6.07) is 7.89. The molecule has 2 N–H and O–H groups in total. The van der Waals surface area contributed by atoms with E-state index in [0.29, 0.717) is 6.61 Å². The number of hydrogen-bond donors (Lipinski definition) is 1. The molecule has 0 spiro atoms.